The van der Waals surface area contributed by atoms with E-state index in [0.29, 0.717) is 23.8 Å². The van der Waals surface area contributed by atoms with E-state index in [-0.39, 0.29) is 5.95 Å². The number of hydrogen-bond acceptors (Lipinski definition) is 6. The fraction of sp³-hybridized carbons (Fsp3) is 0.462. The van der Waals surface area contributed by atoms with Crippen molar-refractivity contribution in [2.45, 2.75) is 26.1 Å². The van der Waals surface area contributed by atoms with Crippen LogP contribution in [0, 0.1) is 0 Å². The van der Waals surface area contributed by atoms with Crippen LogP contribution in [0.25, 0.3) is 11.4 Å². The molecule has 0 aliphatic heterocycles. The molecule has 0 aliphatic carbocycles. The molecule has 0 bridgehead atoms. The van der Waals surface area contributed by atoms with Crippen LogP contribution in [0.3, 0.4) is 0 Å². The van der Waals surface area contributed by atoms with Gasteiger partial charge in [0, 0.05) is 20.4 Å². The van der Waals surface area contributed by atoms with E-state index in [1.54, 1.807) is 26.5 Å². The molecule has 2 aromatic rings. The largest absolute Gasteiger partial charge is 0.377 e. The number of anilines is 1. The van der Waals surface area contributed by atoms with Crippen molar-refractivity contribution in [1.29, 1.82) is 0 Å². The van der Waals surface area contributed by atoms with Gasteiger partial charge in [-0.25, -0.2) is 15.0 Å². The first kappa shape index (κ1) is 14.4. The third-order valence-corrected chi connectivity index (χ3v) is 3.06. The molecule has 2 aromatic heterocycles. The average Bonchev–Trinajstić information content (AvgIpc) is 2.84. The number of ether oxygens (including phenoxy) is 2. The third-order valence-electron chi connectivity index (χ3n) is 3.06. The number of H-pyrrole nitrogens is 1. The van der Waals surface area contributed by atoms with Gasteiger partial charge in [0.2, 0.25) is 5.95 Å². The first-order valence-corrected chi connectivity index (χ1v) is 6.20. The summed E-state index contributed by atoms with van der Waals surface area (Å²) in [6.07, 6.45) is 1.60. The highest BCUT2D eigenvalue weighted by molar-refractivity contribution is 5.59. The number of rotatable bonds is 5. The number of imidazole rings is 1. The van der Waals surface area contributed by atoms with Gasteiger partial charge < -0.3 is 20.2 Å². The lowest BCUT2D eigenvalue weighted by atomic mass is 10.0. The molecule has 0 unspecified atom stereocenters. The Kier molecular flexibility index (Phi) is 4.01. The number of methoxy groups -OCH3 is 2. The van der Waals surface area contributed by atoms with Crippen LogP contribution >= 0.6 is 0 Å². The van der Waals surface area contributed by atoms with Gasteiger partial charge in [-0.3, -0.25) is 0 Å². The van der Waals surface area contributed by atoms with Crippen LogP contribution in [-0.2, 0) is 21.7 Å². The second kappa shape index (κ2) is 5.56. The lowest BCUT2D eigenvalue weighted by molar-refractivity contribution is 0.0161. The van der Waals surface area contributed by atoms with Crippen LogP contribution < -0.4 is 5.73 Å². The molecule has 0 aromatic carbocycles. The molecular formula is C13H19N5O2. The molecule has 0 aliphatic rings. The second-order valence-electron chi connectivity index (χ2n) is 4.85. The van der Waals surface area contributed by atoms with E-state index in [1.807, 2.05) is 13.8 Å². The standard InChI is InChI=1S/C13H19N5O2/c1-13(2,20-4)11-10(17-9(18-11)7-19-3)8-5-6-15-12(14)16-8/h5-6H,7H2,1-4H3,(H,17,18)(H2,14,15,16). The molecule has 0 spiro atoms. The Labute approximate surface area is 117 Å². The predicted molar refractivity (Wildman–Crippen MR) is 74.8 cm³/mol. The Morgan fingerprint density at radius 3 is 2.65 bits per heavy atom. The summed E-state index contributed by atoms with van der Waals surface area (Å²) in [5.41, 5.74) is 7.27. The molecule has 0 fully saturated rings. The van der Waals surface area contributed by atoms with Crippen LogP contribution in [0.5, 0.6) is 0 Å². The van der Waals surface area contributed by atoms with Crippen LogP contribution in [0.15, 0.2) is 12.3 Å². The first-order valence-electron chi connectivity index (χ1n) is 6.20. The minimum absolute atomic E-state index is 0.208. The van der Waals surface area contributed by atoms with Gasteiger partial charge in [0.15, 0.2) is 0 Å². The molecule has 2 rings (SSSR count). The summed E-state index contributed by atoms with van der Waals surface area (Å²) in [6, 6.07) is 1.76. The van der Waals surface area contributed by atoms with Crippen molar-refractivity contribution in [2.75, 3.05) is 20.0 Å². The zero-order chi connectivity index (χ0) is 14.8. The van der Waals surface area contributed by atoms with E-state index in [4.69, 9.17) is 15.2 Å². The molecule has 108 valence electrons. The summed E-state index contributed by atoms with van der Waals surface area (Å²) in [7, 11) is 3.26. The lowest BCUT2D eigenvalue weighted by Crippen LogP contribution is -2.21. The topological polar surface area (TPSA) is 98.9 Å². The summed E-state index contributed by atoms with van der Waals surface area (Å²) in [5.74, 6) is 0.916. The van der Waals surface area contributed by atoms with E-state index in [1.165, 1.54) is 0 Å². The molecule has 0 atom stereocenters. The van der Waals surface area contributed by atoms with Crippen LogP contribution in [0.4, 0.5) is 5.95 Å². The van der Waals surface area contributed by atoms with E-state index in [2.05, 4.69) is 19.9 Å². The van der Waals surface area contributed by atoms with Gasteiger partial charge in [-0.15, -0.1) is 0 Å². The number of hydrogen-bond donors (Lipinski definition) is 2. The Bertz CT molecular complexity index is 594. The third kappa shape index (κ3) is 2.78. The smallest absolute Gasteiger partial charge is 0.220 e. The zero-order valence-corrected chi connectivity index (χ0v) is 12.1. The molecule has 20 heavy (non-hydrogen) atoms. The maximum absolute atomic E-state index is 5.64. The molecule has 2 heterocycles. The van der Waals surface area contributed by atoms with Crippen molar-refractivity contribution >= 4 is 5.95 Å². The van der Waals surface area contributed by atoms with Crippen LogP contribution in [0.1, 0.15) is 25.4 Å². The number of aromatic nitrogens is 4. The molecule has 0 amide bonds. The van der Waals surface area contributed by atoms with Crippen molar-refractivity contribution in [3.05, 3.63) is 23.8 Å². The maximum atomic E-state index is 5.64. The number of nitrogens with one attached hydrogen (secondary N) is 1. The Hall–Kier alpha value is -1.99. The van der Waals surface area contributed by atoms with E-state index in [9.17, 15) is 0 Å². The fourth-order valence-corrected chi connectivity index (χ4v) is 1.86. The molecule has 3 N–H and O–H groups in total. The van der Waals surface area contributed by atoms with E-state index in [0.717, 1.165) is 5.69 Å². The van der Waals surface area contributed by atoms with Gasteiger partial charge in [0.05, 0.1) is 11.4 Å². The number of aromatic amines is 1. The Morgan fingerprint density at radius 1 is 1.30 bits per heavy atom. The van der Waals surface area contributed by atoms with Crippen molar-refractivity contribution < 1.29 is 9.47 Å². The molecule has 0 saturated carbocycles. The van der Waals surface area contributed by atoms with Crippen molar-refractivity contribution in [3.63, 3.8) is 0 Å². The monoisotopic (exact) mass is 277 g/mol. The summed E-state index contributed by atoms with van der Waals surface area (Å²) in [6.45, 7) is 4.28. The zero-order valence-electron chi connectivity index (χ0n) is 12.1. The molecule has 0 saturated heterocycles. The average molecular weight is 277 g/mol. The number of nitrogens with two attached hydrogens (primary N) is 1. The fourth-order valence-electron chi connectivity index (χ4n) is 1.86. The summed E-state index contributed by atoms with van der Waals surface area (Å²) in [5, 5.41) is 0. The summed E-state index contributed by atoms with van der Waals surface area (Å²) < 4.78 is 10.6. The van der Waals surface area contributed by atoms with Crippen molar-refractivity contribution in [2.24, 2.45) is 0 Å². The number of nitrogen functional groups attached to an aromatic ring is 1. The Balaban J connectivity index is 2.55. The Morgan fingerprint density at radius 2 is 2.05 bits per heavy atom. The SMILES string of the molecule is COCc1nc(-c2ccnc(N)n2)c(C(C)(C)OC)[nH]1. The highest BCUT2D eigenvalue weighted by Gasteiger charge is 2.28. The molecule has 7 nitrogen and oxygen atoms in total. The van der Waals surface area contributed by atoms with E-state index >= 15 is 0 Å². The minimum Gasteiger partial charge on any atom is -0.377 e. The van der Waals surface area contributed by atoms with Gasteiger partial charge in [-0.1, -0.05) is 0 Å². The van der Waals surface area contributed by atoms with Gasteiger partial charge in [0.25, 0.3) is 0 Å². The lowest BCUT2D eigenvalue weighted by Gasteiger charge is -2.22. The maximum Gasteiger partial charge on any atom is 0.220 e. The first-order chi connectivity index (χ1) is 9.47. The van der Waals surface area contributed by atoms with Crippen LogP contribution in [-0.4, -0.2) is 34.2 Å². The highest BCUT2D eigenvalue weighted by atomic mass is 16.5. The summed E-state index contributed by atoms with van der Waals surface area (Å²) >= 11 is 0. The van der Waals surface area contributed by atoms with Crippen molar-refractivity contribution in [1.82, 2.24) is 19.9 Å². The van der Waals surface area contributed by atoms with Crippen molar-refractivity contribution in [3.8, 4) is 11.4 Å². The van der Waals surface area contributed by atoms with Crippen LogP contribution in [0.2, 0.25) is 0 Å². The quantitative estimate of drug-likeness (QED) is 0.858. The highest BCUT2D eigenvalue weighted by Crippen LogP contribution is 2.31. The van der Waals surface area contributed by atoms with E-state index < -0.39 is 5.60 Å². The van der Waals surface area contributed by atoms with Gasteiger partial charge in [-0.2, -0.15) is 0 Å². The molecule has 0 radical (unpaired) electrons. The summed E-state index contributed by atoms with van der Waals surface area (Å²) in [4.78, 5) is 15.9. The van der Waals surface area contributed by atoms with Gasteiger partial charge >= 0.3 is 0 Å². The van der Waals surface area contributed by atoms with Gasteiger partial charge in [0.1, 0.15) is 23.7 Å². The number of nitrogens with zero attached hydrogens (tertiary/aromatic N) is 3. The molecule has 7 heteroatoms. The molecular weight excluding hydrogens is 258 g/mol. The predicted octanol–water partition coefficient (Wildman–Crippen LogP) is 1.48. The minimum atomic E-state index is -0.534. The normalized spacial score (nSPS) is 11.8. The second-order valence-corrected chi connectivity index (χ2v) is 4.85. The van der Waals surface area contributed by atoms with Gasteiger partial charge in [-0.05, 0) is 19.9 Å².